The average Bonchev–Trinajstić information content (AvgIpc) is 2.79. The molecule has 2 rings (SSSR count). The maximum Gasteiger partial charge on any atom is 0.411 e. The second-order valence-corrected chi connectivity index (χ2v) is 5.46. The summed E-state index contributed by atoms with van der Waals surface area (Å²) in [6.07, 6.45) is -3.74. The number of halogens is 4. The molecule has 0 spiro atoms. The number of alkyl halides is 3. The SMILES string of the molecule is C[C@@H]1CCN(C(=O)COCC(F)(F)F)[C@@H]1c1cccc(F)c1. The number of amides is 1. The lowest BCUT2D eigenvalue weighted by Gasteiger charge is -2.27. The quantitative estimate of drug-likeness (QED) is 0.797. The molecule has 2 atom stereocenters. The molecule has 1 aliphatic heterocycles. The van der Waals surface area contributed by atoms with Gasteiger partial charge in [-0.25, -0.2) is 4.39 Å². The Labute approximate surface area is 125 Å². The van der Waals surface area contributed by atoms with Gasteiger partial charge in [0, 0.05) is 6.54 Å². The van der Waals surface area contributed by atoms with E-state index in [0.29, 0.717) is 18.5 Å². The fraction of sp³-hybridized carbons (Fsp3) is 0.533. The van der Waals surface area contributed by atoms with Crippen molar-refractivity contribution in [3.8, 4) is 0 Å². The van der Waals surface area contributed by atoms with Crippen molar-refractivity contribution in [3.05, 3.63) is 35.6 Å². The highest BCUT2D eigenvalue weighted by atomic mass is 19.4. The molecule has 1 saturated heterocycles. The summed E-state index contributed by atoms with van der Waals surface area (Å²) in [7, 11) is 0. The number of hydrogen-bond acceptors (Lipinski definition) is 2. The number of likely N-dealkylation sites (tertiary alicyclic amines) is 1. The molecule has 0 saturated carbocycles. The zero-order chi connectivity index (χ0) is 16.3. The molecule has 0 unspecified atom stereocenters. The summed E-state index contributed by atoms with van der Waals surface area (Å²) in [6, 6.07) is 5.59. The van der Waals surface area contributed by atoms with Crippen LogP contribution in [0.2, 0.25) is 0 Å². The summed E-state index contributed by atoms with van der Waals surface area (Å²) in [5, 5.41) is 0. The first-order valence-electron chi connectivity index (χ1n) is 6.97. The van der Waals surface area contributed by atoms with Crippen LogP contribution in [0.3, 0.4) is 0 Å². The monoisotopic (exact) mass is 319 g/mol. The van der Waals surface area contributed by atoms with Crippen molar-refractivity contribution in [2.45, 2.75) is 25.6 Å². The number of carbonyl (C=O) groups excluding carboxylic acids is 1. The lowest BCUT2D eigenvalue weighted by molar-refractivity contribution is -0.178. The van der Waals surface area contributed by atoms with Crippen LogP contribution in [0.5, 0.6) is 0 Å². The lowest BCUT2D eigenvalue weighted by atomic mass is 9.95. The van der Waals surface area contributed by atoms with Gasteiger partial charge in [0.05, 0.1) is 6.04 Å². The number of benzene rings is 1. The summed E-state index contributed by atoms with van der Waals surface area (Å²) < 4.78 is 53.9. The normalized spacial score (nSPS) is 22.1. The second-order valence-electron chi connectivity index (χ2n) is 5.46. The summed E-state index contributed by atoms with van der Waals surface area (Å²) in [6.45, 7) is 0.279. The molecule has 0 aromatic heterocycles. The van der Waals surface area contributed by atoms with Gasteiger partial charge in [0.25, 0.3) is 0 Å². The van der Waals surface area contributed by atoms with Crippen LogP contribution in [0.15, 0.2) is 24.3 Å². The molecule has 22 heavy (non-hydrogen) atoms. The zero-order valence-electron chi connectivity index (χ0n) is 12.1. The summed E-state index contributed by atoms with van der Waals surface area (Å²) in [5.41, 5.74) is 0.647. The first-order valence-corrected chi connectivity index (χ1v) is 6.97. The third kappa shape index (κ3) is 4.19. The fourth-order valence-electron chi connectivity index (χ4n) is 2.76. The van der Waals surface area contributed by atoms with Crippen LogP contribution in [0.1, 0.15) is 24.9 Å². The van der Waals surface area contributed by atoms with E-state index in [-0.39, 0.29) is 12.0 Å². The van der Waals surface area contributed by atoms with Gasteiger partial charge in [-0.2, -0.15) is 13.2 Å². The number of nitrogens with zero attached hydrogens (tertiary/aromatic N) is 1. The number of hydrogen-bond donors (Lipinski definition) is 0. The molecule has 1 aliphatic rings. The Kier molecular flexibility index (Phi) is 5.05. The Morgan fingerprint density at radius 3 is 2.77 bits per heavy atom. The van der Waals surface area contributed by atoms with E-state index in [9.17, 15) is 22.4 Å². The molecule has 0 bridgehead atoms. The molecule has 7 heteroatoms. The van der Waals surface area contributed by atoms with Crippen molar-refractivity contribution < 1.29 is 27.1 Å². The molecule has 0 aliphatic carbocycles. The molecule has 1 heterocycles. The number of carbonyl (C=O) groups is 1. The Balaban J connectivity index is 2.04. The van der Waals surface area contributed by atoms with E-state index in [1.165, 1.54) is 17.0 Å². The molecule has 1 aromatic carbocycles. The van der Waals surface area contributed by atoms with Gasteiger partial charge >= 0.3 is 6.18 Å². The topological polar surface area (TPSA) is 29.5 Å². The third-order valence-electron chi connectivity index (χ3n) is 3.70. The van der Waals surface area contributed by atoms with Crippen molar-refractivity contribution in [2.75, 3.05) is 19.8 Å². The van der Waals surface area contributed by atoms with E-state index in [1.54, 1.807) is 12.1 Å². The molecule has 1 aromatic rings. The van der Waals surface area contributed by atoms with Gasteiger partial charge in [0.15, 0.2) is 0 Å². The predicted molar refractivity (Wildman–Crippen MR) is 71.5 cm³/mol. The van der Waals surface area contributed by atoms with Gasteiger partial charge in [0.1, 0.15) is 19.0 Å². The van der Waals surface area contributed by atoms with Gasteiger partial charge in [0.2, 0.25) is 5.91 Å². The van der Waals surface area contributed by atoms with Crippen LogP contribution in [0.4, 0.5) is 17.6 Å². The molecule has 3 nitrogen and oxygen atoms in total. The van der Waals surface area contributed by atoms with E-state index in [0.717, 1.165) is 0 Å². The van der Waals surface area contributed by atoms with Gasteiger partial charge in [-0.05, 0) is 30.0 Å². The number of ether oxygens (including phenoxy) is 1. The Hall–Kier alpha value is -1.63. The van der Waals surface area contributed by atoms with Crippen molar-refractivity contribution in [1.29, 1.82) is 0 Å². The molecule has 0 radical (unpaired) electrons. The minimum Gasteiger partial charge on any atom is -0.362 e. The van der Waals surface area contributed by atoms with Gasteiger partial charge in [-0.1, -0.05) is 19.1 Å². The molecule has 1 amide bonds. The fourth-order valence-corrected chi connectivity index (χ4v) is 2.76. The highest BCUT2D eigenvalue weighted by Gasteiger charge is 2.36. The van der Waals surface area contributed by atoms with E-state index < -0.39 is 31.1 Å². The van der Waals surface area contributed by atoms with Crippen LogP contribution in [0, 0.1) is 11.7 Å². The summed E-state index contributed by atoms with van der Waals surface area (Å²) in [5.74, 6) is -0.812. The Bertz CT molecular complexity index is 533. The standard InChI is InChI=1S/C15H17F4NO2/c1-10-5-6-20(13(21)8-22-9-15(17,18)19)14(10)11-3-2-4-12(16)7-11/h2-4,7,10,14H,5-6,8-9H2,1H3/t10-,14+/m1/s1. The maximum absolute atomic E-state index is 13.4. The molecular formula is C15H17F4NO2. The van der Waals surface area contributed by atoms with Crippen LogP contribution in [0.25, 0.3) is 0 Å². The second kappa shape index (κ2) is 6.64. The predicted octanol–water partition coefficient (Wildman–Crippen LogP) is 3.31. The van der Waals surface area contributed by atoms with Crippen molar-refractivity contribution in [1.82, 2.24) is 4.90 Å². The smallest absolute Gasteiger partial charge is 0.362 e. The minimum absolute atomic E-state index is 0.105. The van der Waals surface area contributed by atoms with E-state index in [1.807, 2.05) is 6.92 Å². The largest absolute Gasteiger partial charge is 0.411 e. The van der Waals surface area contributed by atoms with E-state index in [4.69, 9.17) is 0 Å². The van der Waals surface area contributed by atoms with Gasteiger partial charge in [-0.15, -0.1) is 0 Å². The van der Waals surface area contributed by atoms with Crippen LogP contribution >= 0.6 is 0 Å². The first kappa shape index (κ1) is 16.7. The van der Waals surface area contributed by atoms with Crippen molar-refractivity contribution in [3.63, 3.8) is 0 Å². The highest BCUT2D eigenvalue weighted by Crippen LogP contribution is 2.37. The molecule has 122 valence electrons. The highest BCUT2D eigenvalue weighted by molar-refractivity contribution is 5.78. The first-order chi connectivity index (χ1) is 10.3. The van der Waals surface area contributed by atoms with E-state index in [2.05, 4.69) is 4.74 Å². The minimum atomic E-state index is -4.46. The van der Waals surface area contributed by atoms with Crippen molar-refractivity contribution >= 4 is 5.91 Å². The van der Waals surface area contributed by atoms with Crippen LogP contribution in [-0.2, 0) is 9.53 Å². The van der Waals surface area contributed by atoms with Gasteiger partial charge < -0.3 is 9.64 Å². The zero-order valence-corrected chi connectivity index (χ0v) is 12.1. The van der Waals surface area contributed by atoms with Crippen LogP contribution in [-0.4, -0.2) is 36.7 Å². The summed E-state index contributed by atoms with van der Waals surface area (Å²) >= 11 is 0. The third-order valence-corrected chi connectivity index (χ3v) is 3.70. The average molecular weight is 319 g/mol. The Morgan fingerprint density at radius 1 is 1.41 bits per heavy atom. The molecular weight excluding hydrogens is 302 g/mol. The summed E-state index contributed by atoms with van der Waals surface area (Å²) in [4.78, 5) is 13.6. The van der Waals surface area contributed by atoms with Crippen LogP contribution < -0.4 is 0 Å². The lowest BCUT2D eigenvalue weighted by Crippen LogP contribution is -2.35. The molecule has 0 N–H and O–H groups in total. The maximum atomic E-state index is 13.4. The van der Waals surface area contributed by atoms with Crippen molar-refractivity contribution in [2.24, 2.45) is 5.92 Å². The molecule has 1 fully saturated rings. The van der Waals surface area contributed by atoms with E-state index >= 15 is 0 Å². The number of rotatable bonds is 4. The van der Waals surface area contributed by atoms with Gasteiger partial charge in [-0.3, -0.25) is 4.79 Å². The Morgan fingerprint density at radius 2 is 2.14 bits per heavy atom.